The topological polar surface area (TPSA) is 3.24 Å². The Morgan fingerprint density at radius 2 is 0.896 bits per heavy atom. The van der Waals surface area contributed by atoms with E-state index in [9.17, 15) is 0 Å². The van der Waals surface area contributed by atoms with Crippen LogP contribution in [0.4, 0.5) is 17.1 Å². The molecule has 1 nitrogen and oxygen atoms in total. The summed E-state index contributed by atoms with van der Waals surface area (Å²) in [6.07, 6.45) is 0. The number of rotatable bonds is 6. The summed E-state index contributed by atoms with van der Waals surface area (Å²) in [4.78, 5) is 2.42. The molecule has 1 aliphatic carbocycles. The molecule has 8 aromatic carbocycles. The van der Waals surface area contributed by atoms with Crippen LogP contribution in [0.5, 0.6) is 0 Å². The van der Waals surface area contributed by atoms with Crippen LogP contribution in [0.2, 0.25) is 0 Å². The number of anilines is 3. The molecule has 0 saturated carbocycles. The summed E-state index contributed by atoms with van der Waals surface area (Å²) < 4.78 is 0. The molecule has 0 saturated heterocycles. The van der Waals surface area contributed by atoms with Gasteiger partial charge in [-0.3, -0.25) is 0 Å². The smallest absolute Gasteiger partial charge is 0.0714 e. The first-order valence-corrected chi connectivity index (χ1v) is 16.6. The van der Waals surface area contributed by atoms with Crippen LogP contribution in [0.15, 0.2) is 200 Å². The molecule has 0 amide bonds. The highest BCUT2D eigenvalue weighted by atomic mass is 15.1. The standard InChI is InChI=1S/C47H33N/c1-4-17-38(18-5-1)47(39-19-6-2-7-20-39)43-24-13-12-23-42(43)46-44(47)25-14-26-45(46)48(40-21-8-3-9-22-40)41-31-29-35(30-32-41)37-28-27-34-15-10-11-16-36(34)33-37/h1-33H. The second-order valence-corrected chi connectivity index (χ2v) is 12.5. The number of para-hydroxylation sites is 1. The lowest BCUT2D eigenvalue weighted by atomic mass is 9.68. The Balaban J connectivity index is 1.27. The van der Waals surface area contributed by atoms with Crippen LogP contribution < -0.4 is 4.90 Å². The van der Waals surface area contributed by atoms with Gasteiger partial charge in [-0.25, -0.2) is 0 Å². The third-order valence-corrected chi connectivity index (χ3v) is 9.92. The number of hydrogen-bond acceptors (Lipinski definition) is 1. The molecule has 0 aromatic heterocycles. The van der Waals surface area contributed by atoms with Crippen molar-refractivity contribution in [2.24, 2.45) is 0 Å². The predicted octanol–water partition coefficient (Wildman–Crippen LogP) is 12.3. The largest absolute Gasteiger partial charge is 0.310 e. The van der Waals surface area contributed by atoms with Crippen molar-refractivity contribution in [1.29, 1.82) is 0 Å². The maximum absolute atomic E-state index is 2.42. The van der Waals surface area contributed by atoms with E-state index in [0.29, 0.717) is 0 Å². The molecule has 9 rings (SSSR count). The van der Waals surface area contributed by atoms with Crippen LogP contribution in [0, 0.1) is 0 Å². The lowest BCUT2D eigenvalue weighted by Gasteiger charge is -2.34. The molecule has 0 radical (unpaired) electrons. The van der Waals surface area contributed by atoms with Crippen LogP contribution in [-0.2, 0) is 5.41 Å². The van der Waals surface area contributed by atoms with E-state index < -0.39 is 5.41 Å². The number of hydrogen-bond donors (Lipinski definition) is 0. The van der Waals surface area contributed by atoms with Gasteiger partial charge in [-0.2, -0.15) is 0 Å². The first-order valence-electron chi connectivity index (χ1n) is 16.6. The lowest BCUT2D eigenvalue weighted by molar-refractivity contribution is 0.768. The summed E-state index contributed by atoms with van der Waals surface area (Å²) in [6, 6.07) is 72.9. The summed E-state index contributed by atoms with van der Waals surface area (Å²) in [5.41, 5.74) is 13.1. The molecule has 0 unspecified atom stereocenters. The van der Waals surface area contributed by atoms with E-state index in [1.54, 1.807) is 0 Å². The zero-order valence-electron chi connectivity index (χ0n) is 26.5. The lowest BCUT2D eigenvalue weighted by Crippen LogP contribution is -2.28. The average Bonchev–Trinajstić information content (AvgIpc) is 3.48. The highest BCUT2D eigenvalue weighted by Crippen LogP contribution is 2.59. The van der Waals surface area contributed by atoms with Gasteiger partial charge in [0.05, 0.1) is 11.1 Å². The van der Waals surface area contributed by atoms with Crippen molar-refractivity contribution in [2.75, 3.05) is 4.90 Å². The quantitative estimate of drug-likeness (QED) is 0.181. The summed E-state index contributed by atoms with van der Waals surface area (Å²) in [5.74, 6) is 0. The van der Waals surface area contributed by atoms with Crippen LogP contribution in [0.25, 0.3) is 33.0 Å². The maximum atomic E-state index is 2.42. The molecule has 0 fully saturated rings. The Labute approximate surface area is 282 Å². The highest BCUT2D eigenvalue weighted by Gasteiger charge is 2.47. The van der Waals surface area contributed by atoms with Crippen molar-refractivity contribution in [1.82, 2.24) is 0 Å². The van der Waals surface area contributed by atoms with Crippen LogP contribution in [-0.4, -0.2) is 0 Å². The Kier molecular flexibility index (Phi) is 6.76. The van der Waals surface area contributed by atoms with Crippen molar-refractivity contribution >= 4 is 27.8 Å². The monoisotopic (exact) mass is 611 g/mol. The van der Waals surface area contributed by atoms with Gasteiger partial charge in [-0.15, -0.1) is 0 Å². The van der Waals surface area contributed by atoms with E-state index in [4.69, 9.17) is 0 Å². The van der Waals surface area contributed by atoms with Crippen molar-refractivity contribution in [2.45, 2.75) is 5.41 Å². The molecule has 0 aliphatic heterocycles. The molecule has 0 heterocycles. The average molecular weight is 612 g/mol. The van der Waals surface area contributed by atoms with E-state index in [2.05, 4.69) is 205 Å². The first-order chi connectivity index (χ1) is 23.8. The fourth-order valence-corrected chi connectivity index (χ4v) is 7.84. The second kappa shape index (κ2) is 11.6. The molecule has 0 atom stereocenters. The number of nitrogens with zero attached hydrogens (tertiary/aromatic N) is 1. The number of benzene rings is 8. The fourth-order valence-electron chi connectivity index (χ4n) is 7.84. The molecule has 1 heteroatoms. The molecule has 1 aliphatic rings. The van der Waals surface area contributed by atoms with Crippen molar-refractivity contribution in [3.63, 3.8) is 0 Å². The van der Waals surface area contributed by atoms with Gasteiger partial charge >= 0.3 is 0 Å². The van der Waals surface area contributed by atoms with Gasteiger partial charge < -0.3 is 4.90 Å². The zero-order valence-corrected chi connectivity index (χ0v) is 26.5. The molecule has 48 heavy (non-hydrogen) atoms. The number of fused-ring (bicyclic) bond motifs is 4. The SMILES string of the molecule is c1ccc(N(c2ccc(-c3ccc4ccccc4c3)cc2)c2cccc3c2-c2ccccc2C3(c2ccccc2)c2ccccc2)cc1. The summed E-state index contributed by atoms with van der Waals surface area (Å²) >= 11 is 0. The van der Waals surface area contributed by atoms with Gasteiger partial charge in [0.15, 0.2) is 0 Å². The summed E-state index contributed by atoms with van der Waals surface area (Å²) in [5, 5.41) is 2.51. The van der Waals surface area contributed by atoms with E-state index in [1.807, 2.05) is 0 Å². The molecule has 0 bridgehead atoms. The highest BCUT2D eigenvalue weighted by molar-refractivity contribution is 5.97. The fraction of sp³-hybridized carbons (Fsp3) is 0.0213. The normalized spacial score (nSPS) is 12.8. The van der Waals surface area contributed by atoms with Gasteiger partial charge in [0.1, 0.15) is 0 Å². The Morgan fingerprint density at radius 1 is 0.354 bits per heavy atom. The predicted molar refractivity (Wildman–Crippen MR) is 201 cm³/mol. The molecular weight excluding hydrogens is 579 g/mol. The molecule has 226 valence electrons. The van der Waals surface area contributed by atoms with Crippen LogP contribution >= 0.6 is 0 Å². The van der Waals surface area contributed by atoms with Crippen LogP contribution in [0.1, 0.15) is 22.3 Å². The zero-order chi connectivity index (χ0) is 31.9. The van der Waals surface area contributed by atoms with Gasteiger partial charge in [-0.1, -0.05) is 164 Å². The Morgan fingerprint density at radius 3 is 1.60 bits per heavy atom. The summed E-state index contributed by atoms with van der Waals surface area (Å²) in [7, 11) is 0. The van der Waals surface area contributed by atoms with Gasteiger partial charge in [-0.05, 0) is 86.1 Å². The van der Waals surface area contributed by atoms with E-state index in [1.165, 1.54) is 61.0 Å². The van der Waals surface area contributed by atoms with Crippen molar-refractivity contribution in [3.8, 4) is 22.3 Å². The minimum Gasteiger partial charge on any atom is -0.310 e. The third-order valence-electron chi connectivity index (χ3n) is 9.92. The first kappa shape index (κ1) is 28.1. The summed E-state index contributed by atoms with van der Waals surface area (Å²) in [6.45, 7) is 0. The van der Waals surface area contributed by atoms with Crippen LogP contribution in [0.3, 0.4) is 0 Å². The second-order valence-electron chi connectivity index (χ2n) is 12.5. The molecule has 0 spiro atoms. The minimum absolute atomic E-state index is 0.452. The van der Waals surface area contributed by atoms with Crippen molar-refractivity contribution < 1.29 is 0 Å². The van der Waals surface area contributed by atoms with E-state index >= 15 is 0 Å². The molecule has 0 N–H and O–H groups in total. The van der Waals surface area contributed by atoms with Gasteiger partial charge in [0.2, 0.25) is 0 Å². The molecular formula is C47H33N. The van der Waals surface area contributed by atoms with Crippen molar-refractivity contribution in [3.05, 3.63) is 222 Å². The van der Waals surface area contributed by atoms with E-state index in [-0.39, 0.29) is 0 Å². The molecule has 8 aromatic rings. The Hall–Kier alpha value is -6.18. The van der Waals surface area contributed by atoms with Gasteiger partial charge in [0, 0.05) is 16.9 Å². The third kappa shape index (κ3) is 4.40. The minimum atomic E-state index is -0.452. The van der Waals surface area contributed by atoms with E-state index in [0.717, 1.165) is 11.4 Å². The van der Waals surface area contributed by atoms with Gasteiger partial charge in [0.25, 0.3) is 0 Å². The Bertz CT molecular complexity index is 2340. The maximum Gasteiger partial charge on any atom is 0.0714 e.